The van der Waals surface area contributed by atoms with Gasteiger partial charge in [-0.2, -0.15) is 0 Å². The molecular weight excluding hydrogens is 304 g/mol. The molecule has 2 aromatic rings. The van der Waals surface area contributed by atoms with Crippen molar-refractivity contribution in [1.29, 1.82) is 0 Å². The van der Waals surface area contributed by atoms with Gasteiger partial charge in [0, 0.05) is 31.3 Å². The number of carbonyl (C=O) groups excluding carboxylic acids is 1. The van der Waals surface area contributed by atoms with E-state index < -0.39 is 0 Å². The molecule has 2 saturated heterocycles. The smallest absolute Gasteiger partial charge is 0.255 e. The Kier molecular flexibility index (Phi) is 4.54. The molecule has 1 atom stereocenters. The van der Waals surface area contributed by atoms with Crippen molar-refractivity contribution >= 4 is 16.8 Å². The largest absolute Gasteiger partial charge is 0.376 e. The third kappa shape index (κ3) is 3.19. The Balaban J connectivity index is 1.33. The molecule has 0 spiro atoms. The molecule has 2 aliphatic rings. The molecule has 128 valence electrons. The Hall–Kier alpha value is -1.85. The number of likely N-dealkylation sites (tertiary alicyclic amines) is 1. The van der Waals surface area contributed by atoms with Crippen LogP contribution in [-0.4, -0.2) is 54.3 Å². The Morgan fingerprint density at radius 2 is 2.12 bits per heavy atom. The first-order valence-corrected chi connectivity index (χ1v) is 8.90. The van der Waals surface area contributed by atoms with E-state index in [2.05, 4.69) is 4.98 Å². The lowest BCUT2D eigenvalue weighted by Gasteiger charge is -2.32. The van der Waals surface area contributed by atoms with Gasteiger partial charge in [0.05, 0.1) is 29.9 Å². The number of aromatic amines is 1. The molecular formula is C19H24N2O3. The van der Waals surface area contributed by atoms with Gasteiger partial charge in [-0.25, -0.2) is 0 Å². The van der Waals surface area contributed by atoms with E-state index in [-0.39, 0.29) is 18.1 Å². The van der Waals surface area contributed by atoms with E-state index in [1.54, 1.807) is 0 Å². The lowest BCUT2D eigenvalue weighted by atomic mass is 10.0. The molecule has 24 heavy (non-hydrogen) atoms. The lowest BCUT2D eigenvalue weighted by molar-refractivity contribution is -0.0395. The average Bonchev–Trinajstić information content (AvgIpc) is 3.31. The number of H-pyrrole nitrogens is 1. The SMILES string of the molecule is O=C(c1cccc2cc[nH]c12)N1CCC(OC[C@H]2CCCO2)CC1. The summed E-state index contributed by atoms with van der Waals surface area (Å²) in [5.41, 5.74) is 1.69. The van der Waals surface area contributed by atoms with Crippen LogP contribution in [0.2, 0.25) is 0 Å². The maximum atomic E-state index is 12.8. The average molecular weight is 328 g/mol. The highest BCUT2D eigenvalue weighted by Gasteiger charge is 2.26. The Morgan fingerprint density at radius 1 is 1.25 bits per heavy atom. The van der Waals surface area contributed by atoms with Crippen molar-refractivity contribution in [2.24, 2.45) is 0 Å². The standard InChI is InChI=1S/C19H24N2O3/c22-19(17-5-1-3-14-6-9-20-18(14)17)21-10-7-15(8-11-21)24-13-16-4-2-12-23-16/h1,3,5-6,9,15-16,20H,2,4,7-8,10-13H2/t16-/m1/s1. The van der Waals surface area contributed by atoms with Crippen LogP contribution < -0.4 is 0 Å². The second-order valence-electron chi connectivity index (χ2n) is 6.71. The van der Waals surface area contributed by atoms with Gasteiger partial charge in [-0.1, -0.05) is 12.1 Å². The van der Waals surface area contributed by atoms with Gasteiger partial charge < -0.3 is 19.4 Å². The molecule has 4 rings (SSSR count). The third-order valence-corrected chi connectivity index (χ3v) is 5.09. The molecule has 1 aromatic heterocycles. The van der Waals surface area contributed by atoms with Crippen LogP contribution in [-0.2, 0) is 9.47 Å². The number of ether oxygens (including phenoxy) is 2. The van der Waals surface area contributed by atoms with E-state index in [0.717, 1.165) is 61.8 Å². The Bertz CT molecular complexity index is 697. The molecule has 2 aliphatic heterocycles. The first kappa shape index (κ1) is 15.7. The van der Waals surface area contributed by atoms with Crippen molar-refractivity contribution in [3.8, 4) is 0 Å². The molecule has 0 aliphatic carbocycles. The predicted molar refractivity (Wildman–Crippen MR) is 92.2 cm³/mol. The zero-order valence-corrected chi connectivity index (χ0v) is 13.9. The number of rotatable bonds is 4. The van der Waals surface area contributed by atoms with E-state index in [0.29, 0.717) is 6.61 Å². The van der Waals surface area contributed by atoms with Crippen LogP contribution in [0.3, 0.4) is 0 Å². The minimum Gasteiger partial charge on any atom is -0.376 e. The van der Waals surface area contributed by atoms with Gasteiger partial charge in [-0.05, 0) is 37.8 Å². The van der Waals surface area contributed by atoms with Gasteiger partial charge in [0.2, 0.25) is 0 Å². The summed E-state index contributed by atoms with van der Waals surface area (Å²) >= 11 is 0. The van der Waals surface area contributed by atoms with Crippen LogP contribution in [0.15, 0.2) is 30.5 Å². The minimum atomic E-state index is 0.112. The number of hydrogen-bond acceptors (Lipinski definition) is 3. The van der Waals surface area contributed by atoms with E-state index in [4.69, 9.17) is 9.47 Å². The Labute approximate surface area is 141 Å². The van der Waals surface area contributed by atoms with Crippen LogP contribution in [0, 0.1) is 0 Å². The van der Waals surface area contributed by atoms with E-state index in [1.165, 1.54) is 0 Å². The fourth-order valence-electron chi connectivity index (χ4n) is 3.68. The van der Waals surface area contributed by atoms with Crippen LogP contribution in [0.5, 0.6) is 0 Å². The van der Waals surface area contributed by atoms with Gasteiger partial charge in [-0.15, -0.1) is 0 Å². The molecule has 5 nitrogen and oxygen atoms in total. The molecule has 5 heteroatoms. The summed E-state index contributed by atoms with van der Waals surface area (Å²) in [4.78, 5) is 18.0. The maximum Gasteiger partial charge on any atom is 0.255 e. The summed E-state index contributed by atoms with van der Waals surface area (Å²) in [5.74, 6) is 0.112. The van der Waals surface area contributed by atoms with Gasteiger partial charge in [0.1, 0.15) is 0 Å². The van der Waals surface area contributed by atoms with Gasteiger partial charge in [0.15, 0.2) is 0 Å². The van der Waals surface area contributed by atoms with Crippen molar-refractivity contribution in [3.05, 3.63) is 36.0 Å². The van der Waals surface area contributed by atoms with Gasteiger partial charge >= 0.3 is 0 Å². The zero-order chi connectivity index (χ0) is 16.4. The fraction of sp³-hybridized carbons (Fsp3) is 0.526. The zero-order valence-electron chi connectivity index (χ0n) is 13.9. The van der Waals surface area contributed by atoms with E-state index in [1.807, 2.05) is 35.4 Å². The summed E-state index contributed by atoms with van der Waals surface area (Å²) in [6.45, 7) is 3.07. The number of carbonyl (C=O) groups is 1. The predicted octanol–water partition coefficient (Wildman–Crippen LogP) is 2.97. The summed E-state index contributed by atoms with van der Waals surface area (Å²) < 4.78 is 11.6. The third-order valence-electron chi connectivity index (χ3n) is 5.09. The normalized spacial score (nSPS) is 22.3. The van der Waals surface area contributed by atoms with Gasteiger partial charge in [-0.3, -0.25) is 4.79 Å². The quantitative estimate of drug-likeness (QED) is 0.939. The highest BCUT2D eigenvalue weighted by atomic mass is 16.5. The Morgan fingerprint density at radius 3 is 2.92 bits per heavy atom. The number of fused-ring (bicyclic) bond motifs is 1. The minimum absolute atomic E-state index is 0.112. The highest BCUT2D eigenvalue weighted by molar-refractivity contribution is 6.05. The highest BCUT2D eigenvalue weighted by Crippen LogP contribution is 2.22. The van der Waals surface area contributed by atoms with Crippen LogP contribution in [0.25, 0.3) is 10.9 Å². The number of para-hydroxylation sites is 1. The topological polar surface area (TPSA) is 54.6 Å². The van der Waals surface area contributed by atoms with Crippen molar-refractivity contribution in [2.45, 2.75) is 37.9 Å². The number of nitrogens with zero attached hydrogens (tertiary/aromatic N) is 1. The van der Waals surface area contributed by atoms with E-state index in [9.17, 15) is 4.79 Å². The number of hydrogen-bond donors (Lipinski definition) is 1. The van der Waals surface area contributed by atoms with Crippen molar-refractivity contribution in [3.63, 3.8) is 0 Å². The monoisotopic (exact) mass is 328 g/mol. The molecule has 0 bridgehead atoms. The second kappa shape index (κ2) is 6.95. The number of nitrogens with one attached hydrogen (secondary N) is 1. The molecule has 0 unspecified atom stereocenters. The maximum absolute atomic E-state index is 12.8. The summed E-state index contributed by atoms with van der Waals surface area (Å²) in [5, 5.41) is 1.08. The molecule has 0 saturated carbocycles. The second-order valence-corrected chi connectivity index (χ2v) is 6.71. The number of amides is 1. The summed E-state index contributed by atoms with van der Waals surface area (Å²) in [6.07, 6.45) is 6.46. The van der Waals surface area contributed by atoms with Crippen LogP contribution >= 0.6 is 0 Å². The molecule has 1 aromatic carbocycles. The van der Waals surface area contributed by atoms with Crippen LogP contribution in [0.4, 0.5) is 0 Å². The van der Waals surface area contributed by atoms with Crippen LogP contribution in [0.1, 0.15) is 36.0 Å². The first-order valence-electron chi connectivity index (χ1n) is 8.90. The van der Waals surface area contributed by atoms with Crippen molar-refractivity contribution in [1.82, 2.24) is 9.88 Å². The summed E-state index contributed by atoms with van der Waals surface area (Å²) in [7, 11) is 0. The fourth-order valence-corrected chi connectivity index (χ4v) is 3.68. The van der Waals surface area contributed by atoms with Gasteiger partial charge in [0.25, 0.3) is 5.91 Å². The molecule has 1 N–H and O–H groups in total. The summed E-state index contributed by atoms with van der Waals surface area (Å²) in [6, 6.07) is 7.87. The molecule has 0 radical (unpaired) electrons. The number of piperidine rings is 1. The molecule has 1 amide bonds. The lowest BCUT2D eigenvalue weighted by Crippen LogP contribution is -2.41. The molecule has 3 heterocycles. The van der Waals surface area contributed by atoms with Crippen molar-refractivity contribution < 1.29 is 14.3 Å². The van der Waals surface area contributed by atoms with Crippen molar-refractivity contribution in [2.75, 3.05) is 26.3 Å². The van der Waals surface area contributed by atoms with E-state index >= 15 is 0 Å². The number of benzene rings is 1. The molecule has 2 fully saturated rings. The first-order chi connectivity index (χ1) is 11.8. The number of aromatic nitrogens is 1.